The highest BCUT2D eigenvalue weighted by Gasteiger charge is 2.09. The van der Waals surface area contributed by atoms with Crippen molar-refractivity contribution in [1.29, 1.82) is 0 Å². The third-order valence-electron chi connectivity index (χ3n) is 3.12. The Hall–Kier alpha value is -1.99. The van der Waals surface area contributed by atoms with E-state index in [4.69, 9.17) is 0 Å². The zero-order chi connectivity index (χ0) is 15.5. The standard InChI is InChI=1S/C15H13BrN4OS/c1-10-18-12-4-2-3-5-13(12)20(10)9-15(21)19-17-8-11-6-7-14(16)22-11/h2-8H,9H2,1H3,(H,19,21)/b17-8+. The van der Waals surface area contributed by atoms with Crippen LogP contribution in [-0.4, -0.2) is 21.7 Å². The number of halogens is 1. The van der Waals surface area contributed by atoms with Gasteiger partial charge in [-0.25, -0.2) is 10.4 Å². The minimum absolute atomic E-state index is 0.182. The molecule has 7 heteroatoms. The van der Waals surface area contributed by atoms with Crippen LogP contribution in [0.4, 0.5) is 0 Å². The lowest BCUT2D eigenvalue weighted by molar-refractivity contribution is -0.121. The van der Waals surface area contributed by atoms with Crippen LogP contribution < -0.4 is 5.43 Å². The summed E-state index contributed by atoms with van der Waals surface area (Å²) in [6, 6.07) is 11.6. The number of amides is 1. The number of nitrogens with one attached hydrogen (secondary N) is 1. The number of hydrogen-bond acceptors (Lipinski definition) is 4. The summed E-state index contributed by atoms with van der Waals surface area (Å²) in [5.74, 6) is 0.626. The third-order valence-corrected chi connectivity index (χ3v) is 4.68. The highest BCUT2D eigenvalue weighted by Crippen LogP contribution is 2.20. The van der Waals surface area contributed by atoms with E-state index in [2.05, 4.69) is 31.4 Å². The van der Waals surface area contributed by atoms with E-state index >= 15 is 0 Å². The van der Waals surface area contributed by atoms with E-state index in [9.17, 15) is 4.79 Å². The second-order valence-electron chi connectivity index (χ2n) is 4.67. The quantitative estimate of drug-likeness (QED) is 0.560. The van der Waals surface area contributed by atoms with Gasteiger partial charge in [-0.05, 0) is 47.1 Å². The molecule has 0 spiro atoms. The number of carbonyl (C=O) groups is 1. The molecule has 1 aromatic carbocycles. The first kappa shape index (κ1) is 14.9. The lowest BCUT2D eigenvalue weighted by Crippen LogP contribution is -2.23. The summed E-state index contributed by atoms with van der Waals surface area (Å²) in [6.07, 6.45) is 1.63. The van der Waals surface area contributed by atoms with Gasteiger partial charge < -0.3 is 4.57 Å². The normalized spacial score (nSPS) is 11.4. The van der Waals surface area contributed by atoms with Crippen LogP contribution in [0, 0.1) is 6.92 Å². The van der Waals surface area contributed by atoms with Crippen molar-refractivity contribution in [3.8, 4) is 0 Å². The number of benzene rings is 1. The van der Waals surface area contributed by atoms with Crippen molar-refractivity contribution in [1.82, 2.24) is 15.0 Å². The molecule has 3 rings (SSSR count). The maximum atomic E-state index is 12.0. The van der Waals surface area contributed by atoms with E-state index in [1.54, 1.807) is 17.6 Å². The number of nitrogens with zero attached hydrogens (tertiary/aromatic N) is 3. The Morgan fingerprint density at radius 2 is 2.23 bits per heavy atom. The highest BCUT2D eigenvalue weighted by molar-refractivity contribution is 9.11. The maximum absolute atomic E-state index is 12.0. The third kappa shape index (κ3) is 3.26. The lowest BCUT2D eigenvalue weighted by Gasteiger charge is -2.05. The molecular weight excluding hydrogens is 364 g/mol. The summed E-state index contributed by atoms with van der Waals surface area (Å²) in [4.78, 5) is 17.4. The zero-order valence-electron chi connectivity index (χ0n) is 11.8. The molecule has 5 nitrogen and oxygen atoms in total. The number of fused-ring (bicyclic) bond motifs is 1. The molecule has 0 fully saturated rings. The number of rotatable bonds is 4. The summed E-state index contributed by atoms with van der Waals surface area (Å²) in [7, 11) is 0. The number of imidazole rings is 1. The van der Waals surface area contributed by atoms with Gasteiger partial charge in [0.1, 0.15) is 12.4 Å². The van der Waals surface area contributed by atoms with Gasteiger partial charge in [0.05, 0.1) is 21.0 Å². The molecule has 0 saturated carbocycles. The second kappa shape index (κ2) is 6.41. The molecule has 22 heavy (non-hydrogen) atoms. The van der Waals surface area contributed by atoms with E-state index in [1.807, 2.05) is 47.9 Å². The van der Waals surface area contributed by atoms with Crippen LogP contribution in [0.3, 0.4) is 0 Å². The number of hydrogen-bond donors (Lipinski definition) is 1. The Bertz CT molecular complexity index is 852. The average Bonchev–Trinajstić information content (AvgIpc) is 3.03. The van der Waals surface area contributed by atoms with Crippen LogP contribution >= 0.6 is 27.3 Å². The molecule has 3 aromatic rings. The summed E-state index contributed by atoms with van der Waals surface area (Å²) >= 11 is 4.93. The zero-order valence-corrected chi connectivity index (χ0v) is 14.2. The van der Waals surface area contributed by atoms with Gasteiger partial charge in [-0.1, -0.05) is 12.1 Å². The molecule has 2 heterocycles. The molecule has 0 aliphatic heterocycles. The molecule has 0 aliphatic carbocycles. The Balaban J connectivity index is 1.68. The van der Waals surface area contributed by atoms with E-state index in [1.165, 1.54) is 0 Å². The van der Waals surface area contributed by atoms with Crippen LogP contribution in [0.5, 0.6) is 0 Å². The van der Waals surface area contributed by atoms with E-state index in [0.29, 0.717) is 0 Å². The summed E-state index contributed by atoms with van der Waals surface area (Å²) in [5.41, 5.74) is 4.38. The molecule has 0 atom stereocenters. The molecule has 0 saturated heterocycles. The van der Waals surface area contributed by atoms with Gasteiger partial charge in [0.2, 0.25) is 0 Å². The smallest absolute Gasteiger partial charge is 0.260 e. The number of hydrazone groups is 1. The van der Waals surface area contributed by atoms with Crippen molar-refractivity contribution in [2.24, 2.45) is 5.10 Å². The predicted molar refractivity (Wildman–Crippen MR) is 92.2 cm³/mol. The fourth-order valence-corrected chi connectivity index (χ4v) is 3.44. The van der Waals surface area contributed by atoms with Gasteiger partial charge in [0.25, 0.3) is 5.91 Å². The number of carbonyl (C=O) groups excluding carboxylic acids is 1. The summed E-state index contributed by atoms with van der Waals surface area (Å²) < 4.78 is 2.91. The molecule has 112 valence electrons. The summed E-state index contributed by atoms with van der Waals surface area (Å²) in [6.45, 7) is 2.08. The lowest BCUT2D eigenvalue weighted by atomic mass is 10.3. The molecule has 1 amide bonds. The van der Waals surface area contributed by atoms with E-state index in [0.717, 1.165) is 25.5 Å². The van der Waals surface area contributed by atoms with Crippen LogP contribution in [0.25, 0.3) is 11.0 Å². The molecule has 0 radical (unpaired) electrons. The van der Waals surface area contributed by atoms with Crippen molar-refractivity contribution in [3.05, 3.63) is 50.9 Å². The SMILES string of the molecule is Cc1nc2ccccc2n1CC(=O)N/N=C/c1ccc(Br)s1. The van der Waals surface area contributed by atoms with Crippen molar-refractivity contribution < 1.29 is 4.79 Å². The van der Waals surface area contributed by atoms with Crippen molar-refractivity contribution in [2.75, 3.05) is 0 Å². The molecule has 0 aliphatic rings. The van der Waals surface area contributed by atoms with Gasteiger partial charge in [0.15, 0.2) is 0 Å². The molecular formula is C15H13BrN4OS. The second-order valence-corrected chi connectivity index (χ2v) is 7.16. The fraction of sp³-hybridized carbons (Fsp3) is 0.133. The fourth-order valence-electron chi connectivity index (χ4n) is 2.14. The number of para-hydroxylation sites is 2. The molecule has 2 aromatic heterocycles. The van der Waals surface area contributed by atoms with Crippen molar-refractivity contribution >= 4 is 50.4 Å². The van der Waals surface area contributed by atoms with E-state index in [-0.39, 0.29) is 12.5 Å². The monoisotopic (exact) mass is 376 g/mol. The molecule has 0 unspecified atom stereocenters. The molecule has 1 N–H and O–H groups in total. The number of aryl methyl sites for hydroxylation is 1. The Labute approximate surface area is 139 Å². The van der Waals surface area contributed by atoms with Crippen molar-refractivity contribution in [3.63, 3.8) is 0 Å². The van der Waals surface area contributed by atoms with Gasteiger partial charge in [-0.2, -0.15) is 5.10 Å². The minimum atomic E-state index is -0.182. The van der Waals surface area contributed by atoms with Crippen LogP contribution in [0.1, 0.15) is 10.7 Å². The summed E-state index contributed by atoms with van der Waals surface area (Å²) in [5, 5.41) is 3.98. The van der Waals surface area contributed by atoms with Gasteiger partial charge in [0, 0.05) is 4.88 Å². The van der Waals surface area contributed by atoms with E-state index < -0.39 is 0 Å². The van der Waals surface area contributed by atoms with Crippen LogP contribution in [-0.2, 0) is 11.3 Å². The van der Waals surface area contributed by atoms with Gasteiger partial charge in [-0.15, -0.1) is 11.3 Å². The Kier molecular flexibility index (Phi) is 4.35. The first-order chi connectivity index (χ1) is 10.6. The first-order valence-corrected chi connectivity index (χ1v) is 8.23. The van der Waals surface area contributed by atoms with Crippen molar-refractivity contribution in [2.45, 2.75) is 13.5 Å². The van der Waals surface area contributed by atoms with Crippen LogP contribution in [0.2, 0.25) is 0 Å². The Morgan fingerprint density at radius 3 is 3.00 bits per heavy atom. The first-order valence-electron chi connectivity index (χ1n) is 6.62. The largest absolute Gasteiger partial charge is 0.319 e. The maximum Gasteiger partial charge on any atom is 0.260 e. The Morgan fingerprint density at radius 1 is 1.41 bits per heavy atom. The number of thiophene rings is 1. The average molecular weight is 377 g/mol. The minimum Gasteiger partial charge on any atom is -0.319 e. The van der Waals surface area contributed by atoms with Crippen LogP contribution in [0.15, 0.2) is 45.3 Å². The topological polar surface area (TPSA) is 59.3 Å². The van der Waals surface area contributed by atoms with Gasteiger partial charge >= 0.3 is 0 Å². The highest BCUT2D eigenvalue weighted by atomic mass is 79.9. The number of aromatic nitrogens is 2. The molecule has 0 bridgehead atoms. The predicted octanol–water partition coefficient (Wildman–Crippen LogP) is 3.32. The van der Waals surface area contributed by atoms with Gasteiger partial charge in [-0.3, -0.25) is 4.79 Å².